The van der Waals surface area contributed by atoms with E-state index in [1.807, 2.05) is 75.4 Å². The highest BCUT2D eigenvalue weighted by molar-refractivity contribution is 7.58. The van der Waals surface area contributed by atoms with Crippen LogP contribution < -0.4 is 20.1 Å². The van der Waals surface area contributed by atoms with E-state index in [4.69, 9.17) is 19.2 Å². The lowest BCUT2D eigenvalue weighted by molar-refractivity contribution is -0.142. The molecule has 2 fully saturated rings. The first-order chi connectivity index (χ1) is 24.7. The molecule has 3 N–H and O–H groups in total. The van der Waals surface area contributed by atoms with Gasteiger partial charge in [0, 0.05) is 42.7 Å². The van der Waals surface area contributed by atoms with Gasteiger partial charge >= 0.3 is 6.09 Å². The molecule has 13 heteroatoms. The van der Waals surface area contributed by atoms with E-state index in [2.05, 4.69) is 17.2 Å². The molecular weight excluding hydrogens is 683 g/mol. The van der Waals surface area contributed by atoms with E-state index in [9.17, 15) is 23.8 Å². The minimum Gasteiger partial charge on any atom is -0.497 e. The van der Waals surface area contributed by atoms with E-state index >= 15 is 0 Å². The molecule has 1 aliphatic carbocycles. The van der Waals surface area contributed by atoms with Gasteiger partial charge in [-0.1, -0.05) is 57.2 Å². The summed E-state index contributed by atoms with van der Waals surface area (Å²) in [7, 11) is -1.88. The summed E-state index contributed by atoms with van der Waals surface area (Å²) in [6, 6.07) is 15.1. The molecule has 1 aliphatic heterocycles. The molecule has 2 aliphatic rings. The number of ether oxygens (including phenoxy) is 3. The number of carbonyl (C=O) groups excluding carboxylic acids is 3. The Bertz CT molecular complexity index is 1800. The average Bonchev–Trinajstić information content (AvgIpc) is 3.78. The van der Waals surface area contributed by atoms with Gasteiger partial charge in [0.15, 0.2) is 0 Å². The predicted octanol–water partition coefficient (Wildman–Crippen LogP) is 6.30. The SMILES string of the molecule is C=C[C@H](CCNC(=O)[C@@H]1C[C@@H](Oc2cc(-c3ccccc3)nc3cc(OC)ccc23)CN1C(=O)[C@@H](NC(=O)OC1CCCC1)C(C)(C)C)P(C)(=O)O. The van der Waals surface area contributed by atoms with Gasteiger partial charge in [-0.15, -0.1) is 6.58 Å². The highest BCUT2D eigenvalue weighted by Gasteiger charge is 2.46. The first-order valence-corrected chi connectivity index (χ1v) is 20.0. The molecule has 2 heterocycles. The van der Waals surface area contributed by atoms with E-state index in [0.29, 0.717) is 22.7 Å². The minimum absolute atomic E-state index is 0.0690. The van der Waals surface area contributed by atoms with Gasteiger partial charge in [0.05, 0.1) is 30.5 Å². The van der Waals surface area contributed by atoms with Crippen molar-refractivity contribution in [1.82, 2.24) is 20.5 Å². The summed E-state index contributed by atoms with van der Waals surface area (Å²) in [6.45, 7) is 10.6. The summed E-state index contributed by atoms with van der Waals surface area (Å²) in [5.74, 6) is 0.304. The first-order valence-electron chi connectivity index (χ1n) is 17.9. The Morgan fingerprint density at radius 2 is 1.81 bits per heavy atom. The second-order valence-electron chi connectivity index (χ2n) is 14.8. The van der Waals surface area contributed by atoms with Crippen LogP contribution in [-0.2, 0) is 18.9 Å². The molecule has 0 radical (unpaired) electrons. The Hall–Kier alpha value is -4.41. The molecule has 280 valence electrons. The van der Waals surface area contributed by atoms with Gasteiger partial charge in [0.1, 0.15) is 35.8 Å². The number of benzene rings is 2. The molecule has 1 saturated carbocycles. The van der Waals surface area contributed by atoms with Crippen molar-refractivity contribution in [2.24, 2.45) is 5.41 Å². The molecule has 1 saturated heterocycles. The second kappa shape index (κ2) is 16.5. The summed E-state index contributed by atoms with van der Waals surface area (Å²) >= 11 is 0. The molecule has 1 unspecified atom stereocenters. The van der Waals surface area contributed by atoms with Crippen molar-refractivity contribution in [3.63, 3.8) is 0 Å². The zero-order valence-electron chi connectivity index (χ0n) is 30.7. The lowest BCUT2D eigenvalue weighted by Gasteiger charge is -2.35. The smallest absolute Gasteiger partial charge is 0.408 e. The van der Waals surface area contributed by atoms with Crippen LogP contribution in [0.2, 0.25) is 0 Å². The number of rotatable bonds is 13. The number of alkyl carbamates (subject to hydrolysis) is 1. The number of nitrogens with zero attached hydrogens (tertiary/aromatic N) is 2. The van der Waals surface area contributed by atoms with E-state index in [1.165, 1.54) is 17.6 Å². The Labute approximate surface area is 305 Å². The van der Waals surface area contributed by atoms with Crippen LogP contribution in [0.4, 0.5) is 4.79 Å². The van der Waals surface area contributed by atoms with Crippen LogP contribution in [0, 0.1) is 5.41 Å². The molecule has 1 aromatic heterocycles. The standard InChI is InChI=1S/C39H51N4O8P/c1-7-29(52(6,47)48)19-20-40-36(44)33-22-28(24-43(33)37(45)35(39(2,3)4)42-38(46)51-26-15-11-12-16-26)50-34-23-31(25-13-9-8-10-14-25)41-32-21-27(49-5)17-18-30(32)34/h7-10,13-14,17-18,21,23,26,28-29,33,35H,1,11-12,15-16,19-20,22,24H2,2-6H3,(H,40,44)(H,42,46)(H,47,48)/t28-,29-,33+,35-/m1/s1. The molecule has 12 nitrogen and oxygen atoms in total. The number of nitrogens with one attached hydrogen (secondary N) is 2. The van der Waals surface area contributed by atoms with Crippen LogP contribution in [0.25, 0.3) is 22.2 Å². The highest BCUT2D eigenvalue weighted by atomic mass is 31.2. The summed E-state index contributed by atoms with van der Waals surface area (Å²) in [5.41, 5.74) is 0.810. The molecule has 0 bridgehead atoms. The number of hydrogen-bond donors (Lipinski definition) is 3. The maximum Gasteiger partial charge on any atom is 0.408 e. The third-order valence-corrected chi connectivity index (χ3v) is 11.5. The molecule has 52 heavy (non-hydrogen) atoms. The Morgan fingerprint density at radius 1 is 1.10 bits per heavy atom. The summed E-state index contributed by atoms with van der Waals surface area (Å²) in [6.07, 6.45) is 3.88. The topological polar surface area (TPSA) is 156 Å². The largest absolute Gasteiger partial charge is 0.497 e. The third-order valence-electron chi connectivity index (χ3n) is 9.77. The third kappa shape index (κ3) is 9.52. The highest BCUT2D eigenvalue weighted by Crippen LogP contribution is 2.44. The zero-order valence-corrected chi connectivity index (χ0v) is 31.6. The lowest BCUT2D eigenvalue weighted by atomic mass is 9.85. The van der Waals surface area contributed by atoms with Gasteiger partial charge in [-0.25, -0.2) is 9.78 Å². The van der Waals surface area contributed by atoms with Gasteiger partial charge in [0.2, 0.25) is 19.2 Å². The van der Waals surface area contributed by atoms with Gasteiger partial charge < -0.3 is 34.6 Å². The molecule has 5 rings (SSSR count). The van der Waals surface area contributed by atoms with E-state index in [1.54, 1.807) is 7.11 Å². The number of pyridine rings is 1. The molecule has 3 aromatic rings. The Balaban J connectivity index is 1.44. The number of amides is 3. The zero-order chi connectivity index (χ0) is 37.6. The van der Waals surface area contributed by atoms with Crippen molar-refractivity contribution < 1.29 is 38.1 Å². The Morgan fingerprint density at radius 3 is 2.44 bits per heavy atom. The van der Waals surface area contributed by atoms with Crippen molar-refractivity contribution in [2.45, 2.75) is 89.2 Å². The first kappa shape index (κ1) is 38.8. The predicted molar refractivity (Wildman–Crippen MR) is 201 cm³/mol. The van der Waals surface area contributed by atoms with Gasteiger partial charge in [0.25, 0.3) is 0 Å². The van der Waals surface area contributed by atoms with Crippen molar-refractivity contribution in [2.75, 3.05) is 26.9 Å². The molecule has 0 spiro atoms. The number of allylic oxidation sites excluding steroid dienone is 1. The number of carbonyl (C=O) groups is 3. The average molecular weight is 735 g/mol. The van der Waals surface area contributed by atoms with Crippen LogP contribution in [0.3, 0.4) is 0 Å². The fraction of sp³-hybridized carbons (Fsp3) is 0.487. The van der Waals surface area contributed by atoms with E-state index in [0.717, 1.165) is 36.6 Å². The van der Waals surface area contributed by atoms with Crippen LogP contribution >= 0.6 is 7.37 Å². The molecular formula is C39H51N4O8P. The van der Waals surface area contributed by atoms with Crippen molar-refractivity contribution in [3.8, 4) is 22.8 Å². The quantitative estimate of drug-likeness (QED) is 0.135. The van der Waals surface area contributed by atoms with Crippen LogP contribution in [0.5, 0.6) is 11.5 Å². The van der Waals surface area contributed by atoms with Crippen molar-refractivity contribution >= 4 is 36.2 Å². The van der Waals surface area contributed by atoms with E-state index < -0.39 is 54.5 Å². The van der Waals surface area contributed by atoms with Gasteiger partial charge in [-0.05, 0) is 49.7 Å². The number of likely N-dealkylation sites (tertiary alicyclic amines) is 1. The summed E-state index contributed by atoms with van der Waals surface area (Å²) < 4.78 is 30.1. The van der Waals surface area contributed by atoms with E-state index in [-0.39, 0.29) is 32.0 Å². The minimum atomic E-state index is -3.47. The molecule has 3 amide bonds. The molecule has 2 aromatic carbocycles. The second-order valence-corrected chi connectivity index (χ2v) is 17.4. The van der Waals surface area contributed by atoms with Gasteiger partial charge in [-0.3, -0.25) is 14.2 Å². The lowest BCUT2D eigenvalue weighted by Crippen LogP contribution is -2.58. The maximum absolute atomic E-state index is 14.5. The number of hydrogen-bond acceptors (Lipinski definition) is 8. The monoisotopic (exact) mass is 734 g/mol. The fourth-order valence-electron chi connectivity index (χ4n) is 6.85. The number of aromatic nitrogens is 1. The maximum atomic E-state index is 14.5. The summed E-state index contributed by atoms with van der Waals surface area (Å²) in [4.78, 5) is 57.8. The number of fused-ring (bicyclic) bond motifs is 1. The molecule has 5 atom stereocenters. The Kier molecular flexibility index (Phi) is 12.3. The fourth-order valence-corrected chi connectivity index (χ4v) is 7.85. The normalized spacial score (nSPS) is 20.1. The van der Waals surface area contributed by atoms with Crippen LogP contribution in [0.1, 0.15) is 59.3 Å². The van der Waals surface area contributed by atoms with Crippen LogP contribution in [-0.4, -0.2) is 89.5 Å². The summed E-state index contributed by atoms with van der Waals surface area (Å²) in [5, 5.41) is 6.41. The van der Waals surface area contributed by atoms with Gasteiger partial charge in [-0.2, -0.15) is 0 Å². The van der Waals surface area contributed by atoms with Crippen molar-refractivity contribution in [1.29, 1.82) is 0 Å². The van der Waals surface area contributed by atoms with Crippen molar-refractivity contribution in [3.05, 3.63) is 67.3 Å². The van der Waals surface area contributed by atoms with Crippen LogP contribution in [0.15, 0.2) is 67.3 Å². The number of methoxy groups -OCH3 is 1.